The van der Waals surface area contributed by atoms with Gasteiger partial charge in [-0.15, -0.1) is 24.0 Å². The average molecular weight is 495 g/mol. The molecule has 0 radical (unpaired) electrons. The SMILES string of the molecule is CN=C(NCc1cnn(C)c1)NCc1cc(F)ccc1CS(C)(=O)=O.I. The van der Waals surface area contributed by atoms with E-state index in [9.17, 15) is 12.8 Å². The lowest BCUT2D eigenvalue weighted by molar-refractivity contribution is 0.599. The summed E-state index contributed by atoms with van der Waals surface area (Å²) in [6, 6.07) is 4.10. The molecule has 2 rings (SSSR count). The Kier molecular flexibility index (Phi) is 8.47. The number of aliphatic imine (C=N–C) groups is 1. The summed E-state index contributed by atoms with van der Waals surface area (Å²) >= 11 is 0. The van der Waals surface area contributed by atoms with Crippen LogP contribution in [0.4, 0.5) is 4.39 Å². The van der Waals surface area contributed by atoms with Gasteiger partial charge in [0.05, 0.1) is 11.9 Å². The van der Waals surface area contributed by atoms with E-state index in [4.69, 9.17) is 0 Å². The van der Waals surface area contributed by atoms with Crippen molar-refractivity contribution in [1.29, 1.82) is 0 Å². The van der Waals surface area contributed by atoms with Crippen LogP contribution >= 0.6 is 24.0 Å². The Balaban J connectivity index is 0.00000338. The number of sulfone groups is 1. The smallest absolute Gasteiger partial charge is 0.191 e. The third-order valence-corrected chi connectivity index (χ3v) is 4.31. The number of halogens is 2. The van der Waals surface area contributed by atoms with E-state index in [1.54, 1.807) is 17.9 Å². The molecule has 0 unspecified atom stereocenters. The molecule has 0 aliphatic heterocycles. The van der Waals surface area contributed by atoms with Crippen LogP contribution in [-0.4, -0.2) is 37.5 Å². The Morgan fingerprint density at radius 1 is 1.27 bits per heavy atom. The molecule has 0 amide bonds. The maximum atomic E-state index is 13.5. The fraction of sp³-hybridized carbons (Fsp3) is 0.375. The van der Waals surface area contributed by atoms with E-state index < -0.39 is 15.7 Å². The molecule has 0 atom stereocenters. The highest BCUT2D eigenvalue weighted by atomic mass is 127. The van der Waals surface area contributed by atoms with Crippen molar-refractivity contribution in [2.45, 2.75) is 18.8 Å². The van der Waals surface area contributed by atoms with Crippen LogP contribution in [0.15, 0.2) is 35.6 Å². The van der Waals surface area contributed by atoms with Crippen molar-refractivity contribution in [3.8, 4) is 0 Å². The second kappa shape index (κ2) is 9.86. The van der Waals surface area contributed by atoms with E-state index in [1.807, 2.05) is 13.2 Å². The number of nitrogens with zero attached hydrogens (tertiary/aromatic N) is 3. The molecule has 2 aromatic rings. The first-order valence-corrected chi connectivity index (χ1v) is 9.70. The van der Waals surface area contributed by atoms with Gasteiger partial charge in [0.15, 0.2) is 15.8 Å². The van der Waals surface area contributed by atoms with Crippen LogP contribution in [0.1, 0.15) is 16.7 Å². The van der Waals surface area contributed by atoms with Gasteiger partial charge in [-0.1, -0.05) is 6.07 Å². The monoisotopic (exact) mass is 495 g/mol. The summed E-state index contributed by atoms with van der Waals surface area (Å²) in [7, 11) is 0.258. The van der Waals surface area contributed by atoms with Crippen molar-refractivity contribution in [1.82, 2.24) is 20.4 Å². The number of rotatable bonds is 6. The van der Waals surface area contributed by atoms with Crippen molar-refractivity contribution in [3.05, 3.63) is 53.1 Å². The minimum atomic E-state index is -3.21. The van der Waals surface area contributed by atoms with Gasteiger partial charge in [0.25, 0.3) is 0 Å². The first-order chi connectivity index (χ1) is 11.8. The highest BCUT2D eigenvalue weighted by molar-refractivity contribution is 14.0. The molecule has 7 nitrogen and oxygen atoms in total. The summed E-state index contributed by atoms with van der Waals surface area (Å²) in [4.78, 5) is 4.11. The van der Waals surface area contributed by atoms with Gasteiger partial charge in [0.1, 0.15) is 5.82 Å². The number of nitrogens with one attached hydrogen (secondary N) is 2. The molecular formula is C16H23FIN5O2S. The molecule has 0 bridgehead atoms. The summed E-state index contributed by atoms with van der Waals surface area (Å²) in [5.74, 6) is -0.0165. The molecule has 144 valence electrons. The third kappa shape index (κ3) is 7.28. The van der Waals surface area contributed by atoms with Crippen LogP contribution in [0.2, 0.25) is 0 Å². The fourth-order valence-electron chi connectivity index (χ4n) is 2.33. The highest BCUT2D eigenvalue weighted by Gasteiger charge is 2.11. The number of hydrogen-bond donors (Lipinski definition) is 2. The van der Waals surface area contributed by atoms with Gasteiger partial charge >= 0.3 is 0 Å². The molecule has 0 spiro atoms. The molecule has 1 aromatic heterocycles. The van der Waals surface area contributed by atoms with E-state index in [0.29, 0.717) is 23.6 Å². The second-order valence-electron chi connectivity index (χ2n) is 5.78. The molecule has 1 heterocycles. The highest BCUT2D eigenvalue weighted by Crippen LogP contribution is 2.14. The molecular weight excluding hydrogens is 472 g/mol. The number of aryl methyl sites for hydroxylation is 1. The Labute approximate surface area is 170 Å². The number of benzene rings is 1. The van der Waals surface area contributed by atoms with Crippen LogP contribution in [0, 0.1) is 5.82 Å². The molecule has 0 aliphatic rings. The van der Waals surface area contributed by atoms with Gasteiger partial charge in [0, 0.05) is 45.2 Å². The maximum absolute atomic E-state index is 13.5. The summed E-state index contributed by atoms with van der Waals surface area (Å²) in [5, 5.41) is 10.3. The minimum Gasteiger partial charge on any atom is -0.352 e. The van der Waals surface area contributed by atoms with Crippen LogP contribution in [-0.2, 0) is 35.7 Å². The predicted octanol–water partition coefficient (Wildman–Crippen LogP) is 1.59. The molecule has 10 heteroatoms. The van der Waals surface area contributed by atoms with Crippen molar-refractivity contribution in [2.75, 3.05) is 13.3 Å². The molecule has 0 fully saturated rings. The van der Waals surface area contributed by atoms with Crippen LogP contribution in [0.5, 0.6) is 0 Å². The zero-order valence-corrected chi connectivity index (χ0v) is 18.0. The van der Waals surface area contributed by atoms with Gasteiger partial charge in [-0.3, -0.25) is 9.67 Å². The van der Waals surface area contributed by atoms with Gasteiger partial charge < -0.3 is 10.6 Å². The summed E-state index contributed by atoms with van der Waals surface area (Å²) in [6.45, 7) is 0.794. The van der Waals surface area contributed by atoms with Crippen LogP contribution in [0.3, 0.4) is 0 Å². The average Bonchev–Trinajstić information content (AvgIpc) is 2.94. The first-order valence-electron chi connectivity index (χ1n) is 7.64. The summed E-state index contributed by atoms with van der Waals surface area (Å²) in [6.07, 6.45) is 4.79. The summed E-state index contributed by atoms with van der Waals surface area (Å²) in [5.41, 5.74) is 2.14. The van der Waals surface area contributed by atoms with Gasteiger partial charge in [-0.25, -0.2) is 12.8 Å². The largest absolute Gasteiger partial charge is 0.352 e. The van der Waals surface area contributed by atoms with E-state index in [1.165, 1.54) is 18.2 Å². The van der Waals surface area contributed by atoms with Gasteiger partial charge in [0.2, 0.25) is 0 Å². The standard InChI is InChI=1S/C16H22FN5O2S.HI/c1-18-16(19-7-12-8-21-22(2)10-12)20-9-14-6-15(17)5-4-13(14)11-25(3,23)24;/h4-6,8,10H,7,9,11H2,1-3H3,(H2,18,19,20);1H. The lowest BCUT2D eigenvalue weighted by atomic mass is 10.1. The zero-order chi connectivity index (χ0) is 18.4. The third-order valence-electron chi connectivity index (χ3n) is 3.47. The second-order valence-corrected chi connectivity index (χ2v) is 7.92. The number of hydrogen-bond acceptors (Lipinski definition) is 4. The Hall–Kier alpha value is -1.69. The lowest BCUT2D eigenvalue weighted by Gasteiger charge is -2.14. The van der Waals surface area contributed by atoms with Crippen molar-refractivity contribution >= 4 is 39.8 Å². The van der Waals surface area contributed by atoms with Crippen molar-refractivity contribution in [2.24, 2.45) is 12.0 Å². The van der Waals surface area contributed by atoms with E-state index in [0.717, 1.165) is 11.8 Å². The number of guanidine groups is 1. The number of aromatic nitrogens is 2. The molecule has 1 aromatic carbocycles. The van der Waals surface area contributed by atoms with Gasteiger partial charge in [-0.2, -0.15) is 5.10 Å². The topological polar surface area (TPSA) is 88.4 Å². The predicted molar refractivity (Wildman–Crippen MR) is 111 cm³/mol. The Morgan fingerprint density at radius 3 is 2.54 bits per heavy atom. The zero-order valence-electron chi connectivity index (χ0n) is 14.9. The molecule has 2 N–H and O–H groups in total. The molecule has 0 aliphatic carbocycles. The fourth-order valence-corrected chi connectivity index (χ4v) is 3.18. The molecule has 0 saturated carbocycles. The summed E-state index contributed by atoms with van der Waals surface area (Å²) < 4.78 is 38.3. The minimum absolute atomic E-state index is 0. The quantitative estimate of drug-likeness (QED) is 0.361. The van der Waals surface area contributed by atoms with Crippen molar-refractivity contribution in [3.63, 3.8) is 0 Å². The Morgan fingerprint density at radius 2 is 1.96 bits per heavy atom. The van der Waals surface area contributed by atoms with Crippen LogP contribution < -0.4 is 10.6 Å². The van der Waals surface area contributed by atoms with Gasteiger partial charge in [-0.05, 0) is 23.3 Å². The first kappa shape index (κ1) is 22.4. The van der Waals surface area contributed by atoms with Crippen molar-refractivity contribution < 1.29 is 12.8 Å². The normalized spacial score (nSPS) is 11.8. The maximum Gasteiger partial charge on any atom is 0.191 e. The Bertz CT molecular complexity index is 867. The molecule has 26 heavy (non-hydrogen) atoms. The van der Waals surface area contributed by atoms with Crippen LogP contribution in [0.25, 0.3) is 0 Å². The molecule has 0 saturated heterocycles. The van der Waals surface area contributed by atoms with E-state index >= 15 is 0 Å². The van der Waals surface area contributed by atoms with E-state index in [2.05, 4.69) is 20.7 Å². The van der Waals surface area contributed by atoms with E-state index in [-0.39, 0.29) is 36.3 Å². The lowest BCUT2D eigenvalue weighted by Crippen LogP contribution is -2.36.